The van der Waals surface area contributed by atoms with E-state index in [0.29, 0.717) is 0 Å². The van der Waals surface area contributed by atoms with Gasteiger partial charge in [0.15, 0.2) is 5.78 Å². The molecule has 70 valence electrons. The molecule has 1 atom stereocenters. The van der Waals surface area contributed by atoms with Gasteiger partial charge in [0.1, 0.15) is 0 Å². The predicted octanol–water partition coefficient (Wildman–Crippen LogP) is 2.73. The number of hydrogen-bond donors (Lipinski definition) is 0. The Labute approximate surface area is 80.6 Å². The first kappa shape index (κ1) is 12.0. The molecule has 0 aromatic heterocycles. The van der Waals surface area contributed by atoms with E-state index in [1.807, 2.05) is 44.2 Å². The molecule has 0 amide bonds. The summed E-state index contributed by atoms with van der Waals surface area (Å²) in [6.07, 6.45) is 0. The summed E-state index contributed by atoms with van der Waals surface area (Å²) in [6, 6.07) is 9.38. The molecule has 0 aliphatic heterocycles. The number of Topliss-reactive ketones (excluding diaryl/α,β-unsaturated/α-hetero) is 1. The molecular formula is C10H14O2P+. The molecule has 2 nitrogen and oxygen atoms in total. The Bertz CT molecular complexity index is 257. The van der Waals surface area contributed by atoms with Crippen molar-refractivity contribution < 1.29 is 9.36 Å². The summed E-state index contributed by atoms with van der Waals surface area (Å²) in [5, 5.41) is 0. The Morgan fingerprint density at radius 3 is 2.00 bits per heavy atom. The second-order valence-corrected chi connectivity index (χ2v) is 2.88. The van der Waals surface area contributed by atoms with Crippen molar-refractivity contribution >= 4 is 14.9 Å². The zero-order valence-corrected chi connectivity index (χ0v) is 9.01. The summed E-state index contributed by atoms with van der Waals surface area (Å²) < 4.78 is 8.17. The average Bonchev–Trinajstić information content (AvgIpc) is 2.21. The zero-order chi connectivity index (χ0) is 10.3. The van der Waals surface area contributed by atoms with Crippen LogP contribution in [0.15, 0.2) is 30.3 Å². The summed E-state index contributed by atoms with van der Waals surface area (Å²) in [5.41, 5.74) is 0.808. The molecule has 1 rings (SSSR count). The van der Waals surface area contributed by atoms with E-state index in [9.17, 15) is 4.79 Å². The number of benzene rings is 1. The van der Waals surface area contributed by atoms with Gasteiger partial charge >= 0.3 is 9.12 Å². The van der Waals surface area contributed by atoms with E-state index in [4.69, 9.17) is 4.57 Å². The van der Waals surface area contributed by atoms with Crippen molar-refractivity contribution in [1.82, 2.24) is 0 Å². The molecule has 0 radical (unpaired) electrons. The molecule has 13 heavy (non-hydrogen) atoms. The summed E-state index contributed by atoms with van der Waals surface area (Å²) in [4.78, 5) is 11.3. The Balaban J connectivity index is 0.000000671. The highest BCUT2D eigenvalue weighted by Gasteiger charge is 2.08. The topological polar surface area (TPSA) is 34.1 Å². The van der Waals surface area contributed by atoms with Crippen LogP contribution >= 0.6 is 9.12 Å². The minimum Gasteiger partial charge on any atom is -0.294 e. The minimum atomic E-state index is 0.0948. The Morgan fingerprint density at radius 2 is 1.62 bits per heavy atom. The third kappa shape index (κ3) is 3.95. The van der Waals surface area contributed by atoms with Crippen molar-refractivity contribution in [2.75, 3.05) is 0 Å². The van der Waals surface area contributed by atoms with Crippen molar-refractivity contribution in [3.05, 3.63) is 35.9 Å². The van der Waals surface area contributed by atoms with Gasteiger partial charge < -0.3 is 0 Å². The first-order valence-corrected chi connectivity index (χ1v) is 4.52. The maximum Gasteiger partial charge on any atom is 0.310 e. The van der Waals surface area contributed by atoms with E-state index in [1.165, 1.54) is 9.12 Å². The van der Waals surface area contributed by atoms with Gasteiger partial charge in [0, 0.05) is 11.5 Å². The van der Waals surface area contributed by atoms with Crippen LogP contribution in [0.4, 0.5) is 0 Å². The maximum atomic E-state index is 11.3. The van der Waals surface area contributed by atoms with E-state index >= 15 is 0 Å². The average molecular weight is 197 g/mol. The third-order valence-electron chi connectivity index (χ3n) is 1.58. The van der Waals surface area contributed by atoms with Crippen molar-refractivity contribution in [3.8, 4) is 0 Å². The molecule has 0 aliphatic rings. The fourth-order valence-electron chi connectivity index (χ4n) is 0.936. The lowest BCUT2D eigenvalue weighted by Gasteiger charge is -2.01. The zero-order valence-electron chi connectivity index (χ0n) is 7.86. The predicted molar refractivity (Wildman–Crippen MR) is 56.0 cm³/mol. The number of ketones is 1. The lowest BCUT2D eigenvalue weighted by Crippen LogP contribution is -2.06. The van der Waals surface area contributed by atoms with Crippen molar-refractivity contribution in [1.29, 1.82) is 0 Å². The van der Waals surface area contributed by atoms with Crippen molar-refractivity contribution in [3.63, 3.8) is 0 Å². The molecule has 0 bridgehead atoms. The Kier molecular flexibility index (Phi) is 5.99. The molecule has 0 aliphatic carbocycles. The summed E-state index contributed by atoms with van der Waals surface area (Å²) in [5.74, 6) is 0.308. The van der Waals surface area contributed by atoms with Gasteiger partial charge in [-0.2, -0.15) is 0 Å². The molecular weight excluding hydrogens is 183 g/mol. The fraction of sp³-hybridized carbons (Fsp3) is 0.300. The largest absolute Gasteiger partial charge is 0.310 e. The maximum absolute atomic E-state index is 11.3. The van der Waals surface area contributed by atoms with Gasteiger partial charge in [-0.15, -0.1) is 0 Å². The second kappa shape index (κ2) is 6.50. The molecule has 1 aromatic rings. The lowest BCUT2D eigenvalue weighted by atomic mass is 10.0. The SMILES string of the molecule is CC(C)C(=O)c1ccccc1.O=[PH2+]. The van der Waals surface area contributed by atoms with Gasteiger partial charge in [0.2, 0.25) is 0 Å². The first-order valence-electron chi connectivity index (χ1n) is 4.04. The quantitative estimate of drug-likeness (QED) is 0.539. The van der Waals surface area contributed by atoms with Gasteiger partial charge in [0.05, 0.1) is 0 Å². The van der Waals surface area contributed by atoms with Crippen LogP contribution in [0.25, 0.3) is 0 Å². The number of carbonyl (C=O) groups is 1. The molecule has 0 N–H and O–H groups in total. The summed E-state index contributed by atoms with van der Waals surface area (Å²) >= 11 is 0. The molecule has 0 saturated carbocycles. The number of carbonyl (C=O) groups excluding carboxylic acids is 1. The molecule has 0 heterocycles. The van der Waals surface area contributed by atoms with E-state index in [0.717, 1.165) is 5.56 Å². The standard InChI is InChI=1S/C10H12O.H2OP/c1-8(2)10(11)9-6-4-3-5-7-9;1-2/h3-8H,1-2H3;2H2/q;+1. The van der Waals surface area contributed by atoms with Crippen LogP contribution in [0.3, 0.4) is 0 Å². The number of rotatable bonds is 2. The lowest BCUT2D eigenvalue weighted by molar-refractivity contribution is 0.0939. The molecule has 0 saturated heterocycles. The highest BCUT2D eigenvalue weighted by atomic mass is 31.0. The van der Waals surface area contributed by atoms with Crippen LogP contribution in [0.5, 0.6) is 0 Å². The monoisotopic (exact) mass is 197 g/mol. The fourth-order valence-corrected chi connectivity index (χ4v) is 0.936. The highest BCUT2D eigenvalue weighted by molar-refractivity contribution is 7.00. The van der Waals surface area contributed by atoms with Crippen LogP contribution in [-0.4, -0.2) is 5.78 Å². The molecule has 3 heteroatoms. The smallest absolute Gasteiger partial charge is 0.294 e. The number of hydrogen-bond acceptors (Lipinski definition) is 2. The normalized spacial score (nSPS) is 8.85. The molecule has 1 aromatic carbocycles. The second-order valence-electron chi connectivity index (χ2n) is 2.88. The highest BCUT2D eigenvalue weighted by Crippen LogP contribution is 2.06. The van der Waals surface area contributed by atoms with Crippen LogP contribution in [0.1, 0.15) is 24.2 Å². The van der Waals surface area contributed by atoms with Crippen molar-refractivity contribution in [2.45, 2.75) is 13.8 Å². The van der Waals surface area contributed by atoms with Gasteiger partial charge in [-0.05, 0) is 0 Å². The van der Waals surface area contributed by atoms with E-state index in [2.05, 4.69) is 0 Å². The molecule has 1 unspecified atom stereocenters. The first-order chi connectivity index (χ1) is 6.22. The Hall–Kier alpha value is -1.01. The van der Waals surface area contributed by atoms with E-state index in [1.54, 1.807) is 0 Å². The third-order valence-corrected chi connectivity index (χ3v) is 1.58. The molecule has 0 spiro atoms. The summed E-state index contributed by atoms with van der Waals surface area (Å²) in [7, 11) is 1.17. The van der Waals surface area contributed by atoms with Crippen LogP contribution in [-0.2, 0) is 4.57 Å². The van der Waals surface area contributed by atoms with Crippen LogP contribution < -0.4 is 0 Å². The Morgan fingerprint density at radius 1 is 1.15 bits per heavy atom. The summed E-state index contributed by atoms with van der Waals surface area (Å²) in [6.45, 7) is 3.82. The van der Waals surface area contributed by atoms with E-state index < -0.39 is 0 Å². The minimum absolute atomic E-state index is 0.0948. The van der Waals surface area contributed by atoms with Crippen molar-refractivity contribution in [2.24, 2.45) is 5.92 Å². The van der Waals surface area contributed by atoms with E-state index in [-0.39, 0.29) is 11.7 Å². The van der Waals surface area contributed by atoms with Gasteiger partial charge in [0.25, 0.3) is 0 Å². The molecule has 0 fully saturated rings. The van der Waals surface area contributed by atoms with Gasteiger partial charge in [-0.25, -0.2) is 0 Å². The van der Waals surface area contributed by atoms with Crippen LogP contribution in [0, 0.1) is 5.92 Å². The van der Waals surface area contributed by atoms with Gasteiger partial charge in [-0.1, -0.05) is 48.7 Å². The van der Waals surface area contributed by atoms with Gasteiger partial charge in [-0.3, -0.25) is 4.79 Å². The van der Waals surface area contributed by atoms with Crippen LogP contribution in [0.2, 0.25) is 0 Å².